The van der Waals surface area contributed by atoms with E-state index in [4.69, 9.17) is 0 Å². The molecule has 27 heavy (non-hydrogen) atoms. The maximum atomic E-state index is 12.8. The monoisotopic (exact) mass is 372 g/mol. The number of phenolic OH excluding ortho intramolecular Hbond substituents is 1. The average molecular weight is 373 g/mol. The van der Waals surface area contributed by atoms with E-state index >= 15 is 0 Å². The normalized spacial score (nSPS) is 20.1. The van der Waals surface area contributed by atoms with E-state index in [2.05, 4.69) is 36.6 Å². The SMILES string of the molecule is Cc1cc(O)c(CN2CCC(C(=O)N3CCCCCC3)CC2)cc1C(C)C. The number of phenols is 1. The quantitative estimate of drug-likeness (QED) is 0.850. The average Bonchev–Trinajstić information content (AvgIpc) is 2.93. The molecule has 0 spiro atoms. The van der Waals surface area contributed by atoms with Gasteiger partial charge in [0, 0.05) is 31.1 Å². The van der Waals surface area contributed by atoms with Crippen LogP contribution in [0.1, 0.15) is 75.0 Å². The molecule has 2 saturated heterocycles. The Morgan fingerprint density at radius 1 is 1.07 bits per heavy atom. The predicted molar refractivity (Wildman–Crippen MR) is 110 cm³/mol. The fourth-order valence-electron chi connectivity index (χ4n) is 4.63. The van der Waals surface area contributed by atoms with Gasteiger partial charge in [0.25, 0.3) is 0 Å². The standard InChI is InChI=1S/C23H36N2O2/c1-17(2)21-15-20(22(26)14-18(21)3)16-24-12-8-19(9-13-24)23(27)25-10-6-4-5-7-11-25/h14-15,17,19,26H,4-13,16H2,1-3H3. The van der Waals surface area contributed by atoms with Crippen molar-refractivity contribution in [3.05, 3.63) is 28.8 Å². The van der Waals surface area contributed by atoms with Crippen LogP contribution >= 0.6 is 0 Å². The van der Waals surface area contributed by atoms with Crippen LogP contribution in [0.2, 0.25) is 0 Å². The van der Waals surface area contributed by atoms with Gasteiger partial charge < -0.3 is 10.0 Å². The van der Waals surface area contributed by atoms with Crippen molar-refractivity contribution in [2.45, 2.75) is 71.8 Å². The molecule has 2 aliphatic rings. The van der Waals surface area contributed by atoms with Crippen LogP contribution in [0.4, 0.5) is 0 Å². The van der Waals surface area contributed by atoms with Crippen molar-refractivity contribution in [2.75, 3.05) is 26.2 Å². The van der Waals surface area contributed by atoms with Crippen LogP contribution in [-0.4, -0.2) is 47.0 Å². The van der Waals surface area contributed by atoms with Crippen molar-refractivity contribution in [2.24, 2.45) is 5.92 Å². The second kappa shape index (κ2) is 9.09. The number of aryl methyl sites for hydroxylation is 1. The fraction of sp³-hybridized carbons (Fsp3) is 0.696. The third kappa shape index (κ3) is 5.04. The Bertz CT molecular complexity index is 640. The molecular formula is C23H36N2O2. The van der Waals surface area contributed by atoms with E-state index < -0.39 is 0 Å². The van der Waals surface area contributed by atoms with Gasteiger partial charge in [-0.15, -0.1) is 0 Å². The first kappa shape index (κ1) is 20.2. The molecule has 3 rings (SSSR count). The van der Waals surface area contributed by atoms with Gasteiger partial charge in [0.2, 0.25) is 5.91 Å². The van der Waals surface area contributed by atoms with Crippen molar-refractivity contribution in [3.63, 3.8) is 0 Å². The Hall–Kier alpha value is -1.55. The van der Waals surface area contributed by atoms with Crippen molar-refractivity contribution < 1.29 is 9.90 Å². The van der Waals surface area contributed by atoms with Gasteiger partial charge in [-0.25, -0.2) is 0 Å². The molecular weight excluding hydrogens is 336 g/mol. The second-order valence-corrected chi connectivity index (χ2v) is 8.78. The van der Waals surface area contributed by atoms with E-state index in [1.807, 2.05) is 6.07 Å². The third-order valence-electron chi connectivity index (χ3n) is 6.34. The van der Waals surface area contributed by atoms with Gasteiger partial charge in [0.05, 0.1) is 0 Å². The zero-order valence-corrected chi connectivity index (χ0v) is 17.3. The van der Waals surface area contributed by atoms with Gasteiger partial charge in [-0.3, -0.25) is 9.69 Å². The van der Waals surface area contributed by atoms with E-state index in [9.17, 15) is 9.90 Å². The number of rotatable bonds is 4. The summed E-state index contributed by atoms with van der Waals surface area (Å²) in [6.07, 6.45) is 6.74. The van der Waals surface area contributed by atoms with Gasteiger partial charge in [-0.05, 0) is 68.8 Å². The number of carbonyl (C=O) groups excluding carboxylic acids is 1. The maximum absolute atomic E-state index is 12.8. The molecule has 0 radical (unpaired) electrons. The second-order valence-electron chi connectivity index (χ2n) is 8.78. The molecule has 2 fully saturated rings. The minimum absolute atomic E-state index is 0.192. The smallest absolute Gasteiger partial charge is 0.225 e. The molecule has 4 heteroatoms. The molecule has 1 N–H and O–H groups in total. The van der Waals surface area contributed by atoms with Crippen molar-refractivity contribution >= 4 is 5.91 Å². The van der Waals surface area contributed by atoms with Gasteiger partial charge >= 0.3 is 0 Å². The van der Waals surface area contributed by atoms with Gasteiger partial charge in [0.15, 0.2) is 0 Å². The summed E-state index contributed by atoms with van der Waals surface area (Å²) in [4.78, 5) is 17.4. The van der Waals surface area contributed by atoms with E-state index in [1.54, 1.807) is 0 Å². The van der Waals surface area contributed by atoms with E-state index in [-0.39, 0.29) is 5.92 Å². The van der Waals surface area contributed by atoms with Crippen LogP contribution in [-0.2, 0) is 11.3 Å². The van der Waals surface area contributed by atoms with Crippen LogP contribution in [0, 0.1) is 12.8 Å². The summed E-state index contributed by atoms with van der Waals surface area (Å²) in [5, 5.41) is 10.4. The Kier molecular flexibility index (Phi) is 6.80. The highest BCUT2D eigenvalue weighted by molar-refractivity contribution is 5.79. The predicted octanol–water partition coefficient (Wildman–Crippen LogP) is 4.44. The molecule has 1 aromatic carbocycles. The Morgan fingerprint density at radius 3 is 2.30 bits per heavy atom. The Labute approximate surface area is 164 Å². The molecule has 0 atom stereocenters. The van der Waals surface area contributed by atoms with Crippen molar-refractivity contribution in [1.82, 2.24) is 9.80 Å². The maximum Gasteiger partial charge on any atom is 0.225 e. The first-order valence-corrected chi connectivity index (χ1v) is 10.8. The number of hydrogen-bond acceptors (Lipinski definition) is 3. The lowest BCUT2D eigenvalue weighted by Crippen LogP contribution is -2.42. The van der Waals surface area contributed by atoms with Crippen LogP contribution in [0.25, 0.3) is 0 Å². The molecule has 0 aliphatic carbocycles. The largest absolute Gasteiger partial charge is 0.508 e. The molecule has 0 aromatic heterocycles. The summed E-state index contributed by atoms with van der Waals surface area (Å²) in [7, 11) is 0. The number of piperidine rings is 1. The molecule has 0 unspecified atom stereocenters. The first-order valence-electron chi connectivity index (χ1n) is 10.8. The minimum atomic E-state index is 0.192. The lowest BCUT2D eigenvalue weighted by molar-refractivity contribution is -0.137. The minimum Gasteiger partial charge on any atom is -0.508 e. The highest BCUT2D eigenvalue weighted by Gasteiger charge is 2.29. The lowest BCUT2D eigenvalue weighted by Gasteiger charge is -2.34. The summed E-state index contributed by atoms with van der Waals surface area (Å²) in [6, 6.07) is 4.07. The van der Waals surface area contributed by atoms with E-state index in [0.717, 1.165) is 69.5 Å². The molecule has 4 nitrogen and oxygen atoms in total. The summed E-state index contributed by atoms with van der Waals surface area (Å²) < 4.78 is 0. The lowest BCUT2D eigenvalue weighted by atomic mass is 9.93. The van der Waals surface area contributed by atoms with Crippen LogP contribution in [0.15, 0.2) is 12.1 Å². The molecule has 0 saturated carbocycles. The zero-order valence-electron chi connectivity index (χ0n) is 17.3. The van der Waals surface area contributed by atoms with Crippen LogP contribution in [0.3, 0.4) is 0 Å². The van der Waals surface area contributed by atoms with Crippen molar-refractivity contribution in [3.8, 4) is 5.75 Å². The number of benzene rings is 1. The topological polar surface area (TPSA) is 43.8 Å². The van der Waals surface area contributed by atoms with E-state index in [1.165, 1.54) is 18.4 Å². The van der Waals surface area contributed by atoms with Crippen LogP contribution in [0.5, 0.6) is 5.75 Å². The highest BCUT2D eigenvalue weighted by atomic mass is 16.3. The summed E-state index contributed by atoms with van der Waals surface area (Å²) in [6.45, 7) is 11.0. The van der Waals surface area contributed by atoms with Gasteiger partial charge in [-0.2, -0.15) is 0 Å². The number of carbonyl (C=O) groups is 1. The number of likely N-dealkylation sites (tertiary alicyclic amines) is 2. The molecule has 150 valence electrons. The summed E-state index contributed by atoms with van der Waals surface area (Å²) >= 11 is 0. The summed E-state index contributed by atoms with van der Waals surface area (Å²) in [5.74, 6) is 1.44. The number of nitrogens with zero attached hydrogens (tertiary/aromatic N) is 2. The number of amides is 1. The zero-order chi connectivity index (χ0) is 19.4. The highest BCUT2D eigenvalue weighted by Crippen LogP contribution is 2.30. The molecule has 2 aliphatic heterocycles. The van der Waals surface area contributed by atoms with Gasteiger partial charge in [-0.1, -0.05) is 32.8 Å². The fourth-order valence-corrected chi connectivity index (χ4v) is 4.63. The molecule has 2 heterocycles. The van der Waals surface area contributed by atoms with Crippen molar-refractivity contribution in [1.29, 1.82) is 0 Å². The number of aromatic hydroxyl groups is 1. The third-order valence-corrected chi connectivity index (χ3v) is 6.34. The molecule has 0 bridgehead atoms. The Morgan fingerprint density at radius 2 is 1.70 bits per heavy atom. The number of hydrogen-bond donors (Lipinski definition) is 1. The molecule has 1 amide bonds. The molecule has 1 aromatic rings. The first-order chi connectivity index (χ1) is 13.0. The Balaban J connectivity index is 1.56. The van der Waals surface area contributed by atoms with Crippen LogP contribution < -0.4 is 0 Å². The summed E-state index contributed by atoms with van der Waals surface area (Å²) in [5.41, 5.74) is 3.49. The van der Waals surface area contributed by atoms with E-state index in [0.29, 0.717) is 17.6 Å². The van der Waals surface area contributed by atoms with Gasteiger partial charge in [0.1, 0.15) is 5.75 Å².